The lowest BCUT2D eigenvalue weighted by Crippen LogP contribution is -2.35. The molecule has 4 nitrogen and oxygen atoms in total. The van der Waals surface area contributed by atoms with Gasteiger partial charge in [0.1, 0.15) is 17.3 Å². The normalized spacial score (nSPS) is 23.8. The highest BCUT2D eigenvalue weighted by atomic mass is 16.5. The van der Waals surface area contributed by atoms with Crippen LogP contribution in [0.5, 0.6) is 11.5 Å². The fourth-order valence-corrected chi connectivity index (χ4v) is 3.85. The number of fused-ring (bicyclic) bond motifs is 5. The number of rotatable bonds is 0. The summed E-state index contributed by atoms with van der Waals surface area (Å²) in [4.78, 5) is 11.9. The first kappa shape index (κ1) is 13.6. The molecule has 0 saturated carbocycles. The average molecular weight is 318 g/mol. The van der Waals surface area contributed by atoms with Gasteiger partial charge in [-0.05, 0) is 35.4 Å². The van der Waals surface area contributed by atoms with Gasteiger partial charge in [-0.1, -0.05) is 24.3 Å². The van der Waals surface area contributed by atoms with Gasteiger partial charge in [-0.15, -0.1) is 0 Å². The Morgan fingerprint density at radius 3 is 2.83 bits per heavy atom. The van der Waals surface area contributed by atoms with Crippen LogP contribution in [0.25, 0.3) is 0 Å². The quantitative estimate of drug-likeness (QED) is 0.809. The van der Waals surface area contributed by atoms with Crippen LogP contribution in [0.15, 0.2) is 65.9 Å². The number of aromatic hydroxyl groups is 1. The molecule has 0 amide bonds. The molecule has 1 unspecified atom stereocenters. The van der Waals surface area contributed by atoms with Crippen LogP contribution in [-0.2, 0) is 21.7 Å². The van der Waals surface area contributed by atoms with E-state index in [4.69, 9.17) is 9.47 Å². The van der Waals surface area contributed by atoms with Crippen molar-refractivity contribution in [1.29, 1.82) is 0 Å². The fraction of sp³-hybridized carbons (Fsp3) is 0.150. The van der Waals surface area contributed by atoms with Crippen LogP contribution >= 0.6 is 0 Å². The van der Waals surface area contributed by atoms with E-state index >= 15 is 0 Å². The molecule has 3 aliphatic rings. The van der Waals surface area contributed by atoms with E-state index in [-0.39, 0.29) is 18.0 Å². The number of hydrogen-bond donors (Lipinski definition) is 1. The van der Waals surface area contributed by atoms with E-state index in [2.05, 4.69) is 12.1 Å². The van der Waals surface area contributed by atoms with Crippen LogP contribution in [0.2, 0.25) is 0 Å². The predicted molar refractivity (Wildman–Crippen MR) is 86.5 cm³/mol. The molecule has 1 spiro atoms. The zero-order chi connectivity index (χ0) is 16.3. The molecule has 1 aliphatic carbocycles. The Kier molecular flexibility index (Phi) is 2.59. The van der Waals surface area contributed by atoms with Crippen LogP contribution in [0, 0.1) is 0 Å². The lowest BCUT2D eigenvalue weighted by Gasteiger charge is -2.39. The minimum atomic E-state index is -0.787. The molecule has 2 aromatic rings. The molecule has 4 heteroatoms. The van der Waals surface area contributed by atoms with Crippen molar-refractivity contribution < 1.29 is 19.4 Å². The first-order valence-electron chi connectivity index (χ1n) is 7.87. The minimum absolute atomic E-state index is 0.00112. The Balaban J connectivity index is 1.85. The molecule has 118 valence electrons. The maximum atomic E-state index is 11.9. The second kappa shape index (κ2) is 4.58. The molecule has 0 radical (unpaired) electrons. The van der Waals surface area contributed by atoms with Crippen LogP contribution in [0.3, 0.4) is 0 Å². The van der Waals surface area contributed by atoms with Gasteiger partial charge in [0.05, 0.1) is 13.0 Å². The molecular weight excluding hydrogens is 304 g/mol. The van der Waals surface area contributed by atoms with Gasteiger partial charge >= 0.3 is 0 Å². The predicted octanol–water partition coefficient (Wildman–Crippen LogP) is 3.34. The maximum absolute atomic E-state index is 11.9. The monoisotopic (exact) mass is 318 g/mol. The van der Waals surface area contributed by atoms with E-state index in [9.17, 15) is 9.90 Å². The van der Waals surface area contributed by atoms with Crippen LogP contribution in [0.4, 0.5) is 0 Å². The van der Waals surface area contributed by atoms with Gasteiger partial charge in [0, 0.05) is 17.2 Å². The van der Waals surface area contributed by atoms with Crippen LogP contribution in [-0.4, -0.2) is 10.9 Å². The van der Waals surface area contributed by atoms with Gasteiger partial charge in [-0.25, -0.2) is 0 Å². The number of carbonyl (C=O) groups is 1. The van der Waals surface area contributed by atoms with E-state index in [0.29, 0.717) is 18.1 Å². The van der Waals surface area contributed by atoms with E-state index in [0.717, 1.165) is 22.3 Å². The number of phenolic OH excluding ortho intramolecular Hbond substituents is 1. The Labute approximate surface area is 138 Å². The van der Waals surface area contributed by atoms with E-state index < -0.39 is 5.60 Å². The van der Waals surface area contributed by atoms with E-state index in [1.165, 1.54) is 0 Å². The lowest BCUT2D eigenvalue weighted by molar-refractivity contribution is -0.114. The molecule has 0 saturated heterocycles. The van der Waals surface area contributed by atoms with Gasteiger partial charge in [-0.2, -0.15) is 0 Å². The lowest BCUT2D eigenvalue weighted by atomic mass is 9.75. The summed E-state index contributed by atoms with van der Waals surface area (Å²) in [7, 11) is 0. The number of hydrogen-bond acceptors (Lipinski definition) is 4. The molecule has 5 rings (SSSR count). The Morgan fingerprint density at radius 1 is 1.04 bits per heavy atom. The van der Waals surface area contributed by atoms with Crippen molar-refractivity contribution in [3.8, 4) is 11.5 Å². The molecule has 0 aromatic heterocycles. The summed E-state index contributed by atoms with van der Waals surface area (Å²) in [5.41, 5.74) is 3.11. The van der Waals surface area contributed by atoms with Crippen molar-refractivity contribution in [2.45, 2.75) is 18.6 Å². The highest BCUT2D eigenvalue weighted by Gasteiger charge is 2.50. The van der Waals surface area contributed by atoms with Crippen molar-refractivity contribution in [3.63, 3.8) is 0 Å². The SMILES string of the molecule is O=C1C=CC2=C(C1)Oc1cc(O)ccc1C21OCc2ccccc21. The molecule has 1 atom stereocenters. The Hall–Kier alpha value is -2.85. The third-order valence-electron chi connectivity index (χ3n) is 4.87. The van der Waals surface area contributed by atoms with Crippen molar-refractivity contribution in [1.82, 2.24) is 0 Å². The molecule has 0 fully saturated rings. The second-order valence-corrected chi connectivity index (χ2v) is 6.22. The number of benzene rings is 2. The van der Waals surface area contributed by atoms with Crippen molar-refractivity contribution >= 4 is 5.78 Å². The zero-order valence-corrected chi connectivity index (χ0v) is 12.8. The van der Waals surface area contributed by atoms with Gasteiger partial charge in [-0.3, -0.25) is 4.79 Å². The first-order valence-corrected chi connectivity index (χ1v) is 7.87. The summed E-state index contributed by atoms with van der Waals surface area (Å²) in [5, 5.41) is 9.84. The van der Waals surface area contributed by atoms with Crippen molar-refractivity contribution in [2.75, 3.05) is 0 Å². The molecule has 2 aliphatic heterocycles. The maximum Gasteiger partial charge on any atom is 0.163 e. The van der Waals surface area contributed by atoms with Gasteiger partial charge in [0.15, 0.2) is 11.4 Å². The van der Waals surface area contributed by atoms with Crippen molar-refractivity contribution in [3.05, 3.63) is 82.6 Å². The number of phenols is 1. The topological polar surface area (TPSA) is 55.8 Å². The number of carbonyl (C=O) groups excluding carboxylic acids is 1. The minimum Gasteiger partial charge on any atom is -0.508 e. The third-order valence-corrected chi connectivity index (χ3v) is 4.87. The first-order chi connectivity index (χ1) is 11.7. The number of ether oxygens (including phenoxy) is 2. The fourth-order valence-electron chi connectivity index (χ4n) is 3.85. The zero-order valence-electron chi connectivity index (χ0n) is 12.8. The van der Waals surface area contributed by atoms with Gasteiger partial charge in [0.25, 0.3) is 0 Å². The molecule has 0 bridgehead atoms. The summed E-state index contributed by atoms with van der Waals surface area (Å²) < 4.78 is 12.3. The number of ketones is 1. The molecule has 24 heavy (non-hydrogen) atoms. The average Bonchev–Trinajstić information content (AvgIpc) is 2.95. The molecular formula is C20H14O4. The van der Waals surface area contributed by atoms with E-state index in [1.807, 2.05) is 18.2 Å². The molecule has 1 N–H and O–H groups in total. The summed E-state index contributed by atoms with van der Waals surface area (Å²) in [6.07, 6.45) is 3.59. The number of allylic oxidation sites excluding steroid dienone is 2. The summed E-state index contributed by atoms with van der Waals surface area (Å²) >= 11 is 0. The van der Waals surface area contributed by atoms with Gasteiger partial charge < -0.3 is 14.6 Å². The third kappa shape index (κ3) is 1.63. The highest BCUT2D eigenvalue weighted by Crippen LogP contribution is 2.55. The Bertz CT molecular complexity index is 954. The Morgan fingerprint density at radius 2 is 1.92 bits per heavy atom. The summed E-state index contributed by atoms with van der Waals surface area (Å²) in [6.45, 7) is 0.495. The summed E-state index contributed by atoms with van der Waals surface area (Å²) in [5.74, 6) is 1.25. The van der Waals surface area contributed by atoms with Crippen LogP contribution in [0.1, 0.15) is 23.1 Å². The smallest absolute Gasteiger partial charge is 0.163 e. The van der Waals surface area contributed by atoms with E-state index in [1.54, 1.807) is 24.3 Å². The highest BCUT2D eigenvalue weighted by molar-refractivity contribution is 5.94. The second-order valence-electron chi connectivity index (χ2n) is 6.22. The van der Waals surface area contributed by atoms with Crippen LogP contribution < -0.4 is 4.74 Å². The molecule has 2 aromatic carbocycles. The summed E-state index contributed by atoms with van der Waals surface area (Å²) in [6, 6.07) is 13.1. The largest absolute Gasteiger partial charge is 0.508 e. The van der Waals surface area contributed by atoms with Crippen molar-refractivity contribution in [2.24, 2.45) is 0 Å². The van der Waals surface area contributed by atoms with Gasteiger partial charge in [0.2, 0.25) is 0 Å². The standard InChI is InChI=1S/C20H14O4/c21-13-5-7-16-18(9-13)24-19-10-14(22)6-8-17(19)20(16)15-4-2-1-3-12(15)11-23-20/h1-9,21H,10-11H2. The molecule has 2 heterocycles.